The van der Waals surface area contributed by atoms with E-state index >= 15 is 0 Å². The van der Waals surface area contributed by atoms with Crippen LogP contribution in [0.4, 0.5) is 18.9 Å². The number of nitrogens with zero attached hydrogens (tertiary/aromatic N) is 1. The maximum absolute atomic E-state index is 12.6. The molecule has 0 unspecified atom stereocenters. The van der Waals surface area contributed by atoms with Gasteiger partial charge in [-0.15, -0.1) is 0 Å². The number of aromatic nitrogens is 1. The Labute approximate surface area is 126 Å². The van der Waals surface area contributed by atoms with Crippen LogP contribution in [0.25, 0.3) is 0 Å². The van der Waals surface area contributed by atoms with Crippen molar-refractivity contribution in [3.63, 3.8) is 0 Å². The SMILES string of the molecule is Cc1cc[n+](CCC(=O)Nc2cccc(C(F)(F)F)c2)cc1. The van der Waals surface area contributed by atoms with Crippen molar-refractivity contribution in [1.82, 2.24) is 0 Å². The average Bonchev–Trinajstić information content (AvgIpc) is 2.46. The first-order valence-electron chi connectivity index (χ1n) is 6.77. The van der Waals surface area contributed by atoms with Crippen LogP contribution in [0.5, 0.6) is 0 Å². The Hall–Kier alpha value is -2.37. The minimum Gasteiger partial charge on any atom is -0.326 e. The molecule has 2 aromatic rings. The highest BCUT2D eigenvalue weighted by Gasteiger charge is 2.30. The van der Waals surface area contributed by atoms with Gasteiger partial charge in [0.15, 0.2) is 18.9 Å². The lowest BCUT2D eigenvalue weighted by molar-refractivity contribution is -0.695. The van der Waals surface area contributed by atoms with E-state index in [-0.39, 0.29) is 18.0 Å². The van der Waals surface area contributed by atoms with E-state index in [4.69, 9.17) is 0 Å². The van der Waals surface area contributed by atoms with Gasteiger partial charge in [0, 0.05) is 17.8 Å². The molecule has 1 N–H and O–H groups in total. The largest absolute Gasteiger partial charge is 0.416 e. The summed E-state index contributed by atoms with van der Waals surface area (Å²) in [5.74, 6) is -0.326. The maximum atomic E-state index is 12.6. The Morgan fingerprint density at radius 3 is 2.50 bits per heavy atom. The van der Waals surface area contributed by atoms with Gasteiger partial charge in [0.05, 0.1) is 12.0 Å². The Bertz CT molecular complexity index is 651. The Kier molecular flexibility index (Phi) is 4.80. The van der Waals surface area contributed by atoms with Gasteiger partial charge in [0.25, 0.3) is 0 Å². The number of anilines is 1. The zero-order valence-corrected chi connectivity index (χ0v) is 12.0. The van der Waals surface area contributed by atoms with E-state index in [0.717, 1.165) is 17.7 Å². The van der Waals surface area contributed by atoms with Crippen LogP contribution >= 0.6 is 0 Å². The highest BCUT2D eigenvalue weighted by molar-refractivity contribution is 5.90. The van der Waals surface area contributed by atoms with Gasteiger partial charge in [-0.05, 0) is 30.7 Å². The van der Waals surface area contributed by atoms with Gasteiger partial charge >= 0.3 is 6.18 Å². The summed E-state index contributed by atoms with van der Waals surface area (Å²) in [5, 5.41) is 2.48. The number of aryl methyl sites for hydroxylation is 2. The van der Waals surface area contributed by atoms with Crippen LogP contribution in [0.1, 0.15) is 17.5 Å². The van der Waals surface area contributed by atoms with Crippen LogP contribution in [0, 0.1) is 6.92 Å². The predicted molar refractivity (Wildman–Crippen MR) is 76.1 cm³/mol. The predicted octanol–water partition coefficient (Wildman–Crippen LogP) is 3.33. The van der Waals surface area contributed by atoms with Crippen LogP contribution in [-0.2, 0) is 17.5 Å². The molecule has 3 nitrogen and oxygen atoms in total. The van der Waals surface area contributed by atoms with Crippen LogP contribution in [0.3, 0.4) is 0 Å². The third-order valence-corrected chi connectivity index (χ3v) is 3.13. The number of hydrogen-bond donors (Lipinski definition) is 1. The van der Waals surface area contributed by atoms with Gasteiger partial charge in [-0.3, -0.25) is 4.79 Å². The molecule has 0 saturated carbocycles. The van der Waals surface area contributed by atoms with Crippen LogP contribution in [0.15, 0.2) is 48.8 Å². The topological polar surface area (TPSA) is 33.0 Å². The lowest BCUT2D eigenvalue weighted by Crippen LogP contribution is -2.34. The molecule has 6 heteroatoms. The Balaban J connectivity index is 1.93. The van der Waals surface area contributed by atoms with Crippen molar-refractivity contribution in [3.05, 3.63) is 59.9 Å². The summed E-state index contributed by atoms with van der Waals surface area (Å²) in [4.78, 5) is 11.8. The van der Waals surface area contributed by atoms with Gasteiger partial charge in [-0.1, -0.05) is 6.07 Å². The fourth-order valence-corrected chi connectivity index (χ4v) is 1.91. The van der Waals surface area contributed by atoms with E-state index in [0.29, 0.717) is 6.54 Å². The minimum absolute atomic E-state index is 0.147. The van der Waals surface area contributed by atoms with Crippen LogP contribution < -0.4 is 9.88 Å². The number of carbonyl (C=O) groups is 1. The minimum atomic E-state index is -4.42. The van der Waals surface area contributed by atoms with E-state index in [2.05, 4.69) is 5.32 Å². The molecule has 116 valence electrons. The molecule has 1 heterocycles. The molecule has 0 bridgehead atoms. The van der Waals surface area contributed by atoms with Crippen LogP contribution in [-0.4, -0.2) is 5.91 Å². The first-order chi connectivity index (χ1) is 10.3. The van der Waals surface area contributed by atoms with Crippen molar-refractivity contribution in [1.29, 1.82) is 0 Å². The normalized spacial score (nSPS) is 11.3. The first kappa shape index (κ1) is 16.0. The summed E-state index contributed by atoms with van der Waals surface area (Å²) in [6.45, 7) is 2.43. The third-order valence-electron chi connectivity index (χ3n) is 3.13. The number of nitrogens with one attached hydrogen (secondary N) is 1. The smallest absolute Gasteiger partial charge is 0.326 e. The van der Waals surface area contributed by atoms with Crippen molar-refractivity contribution in [3.8, 4) is 0 Å². The van der Waals surface area contributed by atoms with Gasteiger partial charge in [-0.2, -0.15) is 13.2 Å². The molecule has 0 atom stereocenters. The number of carbonyl (C=O) groups excluding carboxylic acids is 1. The molecule has 1 amide bonds. The van der Waals surface area contributed by atoms with E-state index in [1.54, 1.807) is 0 Å². The quantitative estimate of drug-likeness (QED) is 0.864. The first-order valence-corrected chi connectivity index (χ1v) is 6.77. The number of benzene rings is 1. The molecule has 0 fully saturated rings. The van der Waals surface area contributed by atoms with E-state index in [1.807, 2.05) is 36.0 Å². The molecule has 0 aliphatic carbocycles. The number of amides is 1. The zero-order chi connectivity index (χ0) is 16.2. The zero-order valence-electron chi connectivity index (χ0n) is 12.0. The van der Waals surface area contributed by atoms with E-state index in [9.17, 15) is 18.0 Å². The number of rotatable bonds is 4. The summed E-state index contributed by atoms with van der Waals surface area (Å²) in [6, 6.07) is 8.45. The molecule has 2 rings (SSSR count). The van der Waals surface area contributed by atoms with Gasteiger partial charge in [-0.25, -0.2) is 4.57 Å². The summed E-state index contributed by atoms with van der Waals surface area (Å²) in [6.07, 6.45) is -0.526. The van der Waals surface area contributed by atoms with Crippen molar-refractivity contribution < 1.29 is 22.5 Å². The molecule has 0 radical (unpaired) electrons. The summed E-state index contributed by atoms with van der Waals surface area (Å²) >= 11 is 0. The molecule has 0 aliphatic rings. The number of halogens is 3. The summed E-state index contributed by atoms with van der Waals surface area (Å²) in [7, 11) is 0. The van der Waals surface area contributed by atoms with Crippen molar-refractivity contribution in [2.45, 2.75) is 26.1 Å². The monoisotopic (exact) mass is 309 g/mol. The molecular formula is C16H16F3N2O+. The van der Waals surface area contributed by atoms with E-state index in [1.165, 1.54) is 12.1 Å². The van der Waals surface area contributed by atoms with Crippen molar-refractivity contribution >= 4 is 11.6 Å². The maximum Gasteiger partial charge on any atom is 0.416 e. The lowest BCUT2D eigenvalue weighted by atomic mass is 10.2. The molecule has 0 saturated heterocycles. The summed E-state index contributed by atoms with van der Waals surface area (Å²) < 4.78 is 39.6. The number of pyridine rings is 1. The Morgan fingerprint density at radius 2 is 1.86 bits per heavy atom. The van der Waals surface area contributed by atoms with Gasteiger partial charge < -0.3 is 5.32 Å². The molecule has 0 aliphatic heterocycles. The van der Waals surface area contributed by atoms with Crippen molar-refractivity contribution in [2.24, 2.45) is 0 Å². The highest BCUT2D eigenvalue weighted by atomic mass is 19.4. The van der Waals surface area contributed by atoms with Gasteiger partial charge in [0.1, 0.15) is 0 Å². The van der Waals surface area contributed by atoms with E-state index < -0.39 is 11.7 Å². The average molecular weight is 309 g/mol. The standard InChI is InChI=1S/C16H15F3N2O/c1-12-5-8-21(9-6-12)10-7-15(22)20-14-4-2-3-13(11-14)16(17,18)19/h2-6,8-9,11H,7,10H2,1H3/p+1. The number of alkyl halides is 3. The Morgan fingerprint density at radius 1 is 1.18 bits per heavy atom. The highest BCUT2D eigenvalue weighted by Crippen LogP contribution is 2.30. The molecule has 0 spiro atoms. The second-order valence-corrected chi connectivity index (χ2v) is 4.99. The number of hydrogen-bond acceptors (Lipinski definition) is 1. The van der Waals surface area contributed by atoms with Gasteiger partial charge in [0.2, 0.25) is 5.91 Å². The molecule has 1 aromatic carbocycles. The van der Waals surface area contributed by atoms with Crippen LogP contribution in [0.2, 0.25) is 0 Å². The summed E-state index contributed by atoms with van der Waals surface area (Å²) in [5.41, 5.74) is 0.483. The fourth-order valence-electron chi connectivity index (χ4n) is 1.91. The third kappa shape index (κ3) is 4.58. The second kappa shape index (κ2) is 6.60. The van der Waals surface area contributed by atoms with Crippen molar-refractivity contribution in [2.75, 3.05) is 5.32 Å². The molecule has 22 heavy (non-hydrogen) atoms. The fraction of sp³-hybridized carbons (Fsp3) is 0.250. The lowest BCUT2D eigenvalue weighted by Gasteiger charge is -2.09. The molecule has 1 aromatic heterocycles. The second-order valence-electron chi connectivity index (χ2n) is 4.99. The molecular weight excluding hydrogens is 293 g/mol.